The normalized spacial score (nSPS) is 11.6. The molecule has 69 heavy (non-hydrogen) atoms. The average molecular weight is 858 g/mol. The molecule has 2 nitrogen and oxygen atoms in total. The van der Waals surface area contributed by atoms with Gasteiger partial charge in [0.25, 0.3) is 0 Å². The van der Waals surface area contributed by atoms with E-state index < -0.39 is 0 Å². The largest absolute Gasteiger partial charge is 0.310 e. The van der Waals surface area contributed by atoms with E-state index in [2.05, 4.69) is 156 Å². The Morgan fingerprint density at radius 2 is 0.768 bits per heavy atom. The van der Waals surface area contributed by atoms with Gasteiger partial charge in [-0.3, -0.25) is 0 Å². The number of benzene rings is 10. The molecular weight excluding hydrogens is 824 g/mol. The molecule has 12 rings (SSSR count). The molecule has 0 aliphatic carbocycles. The SMILES string of the molecule is [B]c1c([B])c([B])c2c(c1[B])c1c([B])c(-c3ccc4c(c3)c3cccc(-c5ccccc5)c3n4-c3ccccc3-c3ccccc3)c([B])c([B])c1n2-c1cc(-c2ccccc2)cc(-c2ccccc2)c1. The lowest BCUT2D eigenvalue weighted by Crippen LogP contribution is -2.48. The number of nitrogens with zero attached hydrogens (tertiary/aromatic N) is 2. The monoisotopic (exact) mass is 858 g/mol. The van der Waals surface area contributed by atoms with Gasteiger partial charge in [-0.2, -0.15) is 0 Å². The third-order valence-corrected chi connectivity index (χ3v) is 13.7. The summed E-state index contributed by atoms with van der Waals surface area (Å²) in [6, 6.07) is 69.2. The molecule has 14 radical (unpaired) electrons. The topological polar surface area (TPSA) is 9.86 Å². The van der Waals surface area contributed by atoms with Crippen LogP contribution in [0.15, 0.2) is 200 Å². The Labute approximate surface area is 410 Å². The third-order valence-electron chi connectivity index (χ3n) is 13.7. The molecule has 12 aromatic rings. The maximum atomic E-state index is 7.54. The maximum absolute atomic E-state index is 7.54. The number of para-hydroxylation sites is 2. The third kappa shape index (κ3) is 6.73. The van der Waals surface area contributed by atoms with Crippen molar-refractivity contribution in [1.29, 1.82) is 0 Å². The van der Waals surface area contributed by atoms with Crippen molar-refractivity contribution in [3.8, 4) is 67.0 Å². The van der Waals surface area contributed by atoms with Crippen molar-refractivity contribution >= 4 is 137 Å². The van der Waals surface area contributed by atoms with E-state index >= 15 is 0 Å². The van der Waals surface area contributed by atoms with Gasteiger partial charge in [0.05, 0.1) is 16.7 Å². The highest BCUT2D eigenvalue weighted by atomic mass is 15.0. The van der Waals surface area contributed by atoms with Crippen LogP contribution < -0.4 is 38.2 Å². The molecule has 2 heterocycles. The van der Waals surface area contributed by atoms with Crippen LogP contribution in [0.3, 0.4) is 0 Å². The van der Waals surface area contributed by atoms with Crippen molar-refractivity contribution in [3.05, 3.63) is 200 Å². The van der Waals surface area contributed by atoms with Crippen molar-refractivity contribution in [2.45, 2.75) is 0 Å². The second-order valence-corrected chi connectivity index (χ2v) is 17.6. The van der Waals surface area contributed by atoms with Gasteiger partial charge in [-0.05, 0) is 86.3 Å². The summed E-state index contributed by atoms with van der Waals surface area (Å²) in [6.45, 7) is 0. The molecule has 0 aliphatic rings. The molecule has 0 atom stereocenters. The van der Waals surface area contributed by atoms with Gasteiger partial charge in [-0.15, -0.1) is 10.9 Å². The van der Waals surface area contributed by atoms with Crippen LogP contribution in [-0.4, -0.2) is 64.1 Å². The zero-order valence-electron chi connectivity index (χ0n) is 37.5. The van der Waals surface area contributed by atoms with Gasteiger partial charge in [0.1, 0.15) is 54.9 Å². The van der Waals surface area contributed by atoms with Crippen molar-refractivity contribution in [1.82, 2.24) is 9.13 Å². The molecule has 0 unspecified atom stereocenters. The van der Waals surface area contributed by atoms with Gasteiger partial charge in [-0.1, -0.05) is 191 Å². The van der Waals surface area contributed by atoms with E-state index in [1.165, 1.54) is 0 Å². The molecule has 0 saturated carbocycles. The zero-order valence-corrected chi connectivity index (χ0v) is 37.5. The van der Waals surface area contributed by atoms with E-state index in [9.17, 15) is 0 Å². The van der Waals surface area contributed by atoms with Crippen LogP contribution >= 0.6 is 0 Å². The van der Waals surface area contributed by atoms with Crippen molar-refractivity contribution in [2.24, 2.45) is 0 Å². The van der Waals surface area contributed by atoms with E-state index in [0.717, 1.165) is 83.3 Å². The number of hydrogen-bond acceptors (Lipinski definition) is 0. The number of fused-ring (bicyclic) bond motifs is 6. The van der Waals surface area contributed by atoms with Crippen LogP contribution in [0.5, 0.6) is 0 Å². The Kier molecular flexibility index (Phi) is 10.4. The minimum atomic E-state index is 0.164. The molecule has 0 N–H and O–H groups in total. The average Bonchev–Trinajstić information content (AvgIpc) is 3.94. The molecule has 0 saturated heterocycles. The summed E-state index contributed by atoms with van der Waals surface area (Å²) in [6.07, 6.45) is 0. The quantitative estimate of drug-likeness (QED) is 0.145. The van der Waals surface area contributed by atoms with Gasteiger partial charge in [0.2, 0.25) is 0 Å². The first kappa shape index (κ1) is 42.6. The Hall–Kier alpha value is -7.75. The summed E-state index contributed by atoms with van der Waals surface area (Å²) >= 11 is 0. The van der Waals surface area contributed by atoms with Gasteiger partial charge in [0.15, 0.2) is 0 Å². The lowest BCUT2D eigenvalue weighted by atomic mass is 9.64. The second kappa shape index (κ2) is 16.8. The van der Waals surface area contributed by atoms with E-state index in [1.54, 1.807) is 0 Å². The summed E-state index contributed by atoms with van der Waals surface area (Å²) in [5, 5.41) is 3.18. The van der Waals surface area contributed by atoms with Crippen LogP contribution in [0.2, 0.25) is 0 Å². The molecule has 0 aliphatic heterocycles. The molecule has 0 amide bonds. The fourth-order valence-electron chi connectivity index (χ4n) is 10.5. The molecule has 0 spiro atoms. The van der Waals surface area contributed by atoms with Crippen LogP contribution in [0.1, 0.15) is 0 Å². The molecule has 2 aromatic heterocycles. The highest BCUT2D eigenvalue weighted by molar-refractivity contribution is 6.69. The van der Waals surface area contributed by atoms with Crippen LogP contribution in [0.4, 0.5) is 0 Å². The summed E-state index contributed by atoms with van der Waals surface area (Å²) in [7, 11) is 49.7. The first-order valence-corrected chi connectivity index (χ1v) is 22.8. The van der Waals surface area contributed by atoms with Gasteiger partial charge in [0, 0.05) is 44.0 Å². The predicted molar refractivity (Wildman–Crippen MR) is 300 cm³/mol. The fraction of sp³-hybridized carbons (Fsp3) is 0. The molecule has 0 fully saturated rings. The first-order chi connectivity index (χ1) is 33.7. The highest BCUT2D eigenvalue weighted by Crippen LogP contribution is 2.42. The van der Waals surface area contributed by atoms with Crippen molar-refractivity contribution in [2.75, 3.05) is 0 Å². The Balaban J connectivity index is 1.16. The van der Waals surface area contributed by atoms with Crippen LogP contribution in [0, 0.1) is 0 Å². The van der Waals surface area contributed by atoms with E-state index in [0.29, 0.717) is 43.8 Å². The smallest absolute Gasteiger partial charge is 0.115 e. The van der Waals surface area contributed by atoms with E-state index in [4.69, 9.17) is 54.9 Å². The fourth-order valence-corrected chi connectivity index (χ4v) is 10.5. The second-order valence-electron chi connectivity index (χ2n) is 17.6. The number of aromatic nitrogens is 2. The summed E-state index contributed by atoms with van der Waals surface area (Å²) in [5.74, 6) is 0. The van der Waals surface area contributed by atoms with Crippen LogP contribution in [0.25, 0.3) is 111 Å². The van der Waals surface area contributed by atoms with E-state index in [1.807, 2.05) is 53.1 Å². The highest BCUT2D eigenvalue weighted by Gasteiger charge is 2.26. The predicted octanol–water partition coefficient (Wildman–Crippen LogP) is 7.77. The maximum Gasteiger partial charge on any atom is 0.115 e. The van der Waals surface area contributed by atoms with Gasteiger partial charge < -0.3 is 9.13 Å². The van der Waals surface area contributed by atoms with Crippen molar-refractivity contribution in [3.63, 3.8) is 0 Å². The summed E-state index contributed by atoms with van der Waals surface area (Å²) in [5.41, 5.74) is 16.5. The first-order valence-electron chi connectivity index (χ1n) is 22.8. The minimum absolute atomic E-state index is 0.164. The molecular formula is C60H33B7N2. The number of hydrogen-bond donors (Lipinski definition) is 0. The van der Waals surface area contributed by atoms with E-state index in [-0.39, 0.29) is 21.9 Å². The molecule has 0 bridgehead atoms. The Morgan fingerprint density at radius 1 is 0.275 bits per heavy atom. The summed E-state index contributed by atoms with van der Waals surface area (Å²) in [4.78, 5) is 0. The number of rotatable bonds is 7. The molecule has 304 valence electrons. The lowest BCUT2D eigenvalue weighted by molar-refractivity contribution is 1.18. The minimum Gasteiger partial charge on any atom is -0.310 e. The van der Waals surface area contributed by atoms with Crippen molar-refractivity contribution < 1.29 is 0 Å². The zero-order chi connectivity index (χ0) is 47.1. The standard InChI is InChI=1S/C60H33B7N2/c61-51-48(38-28-29-47-45(33-38)44-26-15-25-43(37-22-11-4-12-23-37)58(44)69(47)46-27-14-13-24-42(46)36-20-9-3-10-21-36)52(62)56(66)59-49(51)50-53(63)54(64)55(65)57(67)60(50)68(59)41-31-39(34-16-5-1-6-17-34)30-40(32-41)35-18-7-2-8-19-35/h1-33H. The Bertz CT molecular complexity index is 3960. The van der Waals surface area contributed by atoms with Crippen LogP contribution in [-0.2, 0) is 0 Å². The lowest BCUT2D eigenvalue weighted by Gasteiger charge is -2.20. The van der Waals surface area contributed by atoms with Gasteiger partial charge >= 0.3 is 0 Å². The Morgan fingerprint density at radius 3 is 1.38 bits per heavy atom. The molecule has 9 heteroatoms. The van der Waals surface area contributed by atoms with Gasteiger partial charge in [-0.25, -0.2) is 0 Å². The molecule has 10 aromatic carbocycles. The summed E-state index contributed by atoms with van der Waals surface area (Å²) < 4.78 is 4.36.